The lowest BCUT2D eigenvalue weighted by Gasteiger charge is -2.28. The van der Waals surface area contributed by atoms with E-state index < -0.39 is 0 Å². The van der Waals surface area contributed by atoms with Crippen molar-refractivity contribution in [3.05, 3.63) is 180 Å². The molecule has 10 aromatic rings. The fraction of sp³-hybridized carbons (Fsp3) is 0.193. The molecule has 1 aliphatic rings. The van der Waals surface area contributed by atoms with Crippen LogP contribution in [0.4, 0.5) is 22.9 Å². The number of hydrogen-bond donors (Lipinski definition) is 0. The Morgan fingerprint density at radius 2 is 1.14 bits per heavy atom. The fourth-order valence-corrected chi connectivity index (χ4v) is 9.85. The number of benzene rings is 6. The molecule has 1 aliphatic heterocycles. The van der Waals surface area contributed by atoms with Crippen LogP contribution in [0.2, 0.25) is 0 Å². The predicted molar refractivity (Wildman–Crippen MR) is 266 cm³/mol. The van der Waals surface area contributed by atoms with Gasteiger partial charge in [0.1, 0.15) is 24.0 Å². The summed E-state index contributed by atoms with van der Waals surface area (Å²) in [5.41, 5.74) is 13.8. The highest BCUT2D eigenvalue weighted by Gasteiger charge is 2.34. The van der Waals surface area contributed by atoms with Gasteiger partial charge in [0, 0.05) is 51.8 Å². The molecule has 7 heteroatoms. The number of ether oxygens (including phenoxy) is 1. The number of aryl methyl sites for hydroxylation is 2. The summed E-state index contributed by atoms with van der Waals surface area (Å²) in [6.07, 6.45) is 3.83. The summed E-state index contributed by atoms with van der Waals surface area (Å²) in [4.78, 5) is 14.8. The summed E-state index contributed by atoms with van der Waals surface area (Å²) < 4.78 is 11.8. The summed E-state index contributed by atoms with van der Waals surface area (Å²) in [5.74, 6) is 3.31. The minimum Gasteiger partial charge on any atom is -0.457 e. The molecule has 5 heterocycles. The number of anilines is 4. The lowest BCUT2D eigenvalue weighted by Crippen LogP contribution is -2.26. The van der Waals surface area contributed by atoms with Gasteiger partial charge in [-0.3, -0.25) is 4.57 Å². The lowest BCUT2D eigenvalue weighted by molar-refractivity contribution is 0.484. The van der Waals surface area contributed by atoms with Crippen molar-refractivity contribution < 1.29 is 4.74 Å². The highest BCUT2D eigenvalue weighted by atomic mass is 16.5. The van der Waals surface area contributed by atoms with Gasteiger partial charge in [0.2, 0.25) is 0 Å². The molecule has 11 rings (SSSR count). The van der Waals surface area contributed by atoms with Crippen LogP contribution in [0.3, 0.4) is 0 Å². The van der Waals surface area contributed by atoms with Crippen LogP contribution in [0, 0.1) is 13.8 Å². The van der Waals surface area contributed by atoms with Gasteiger partial charge in [0.25, 0.3) is 0 Å². The third kappa shape index (κ3) is 6.40. The van der Waals surface area contributed by atoms with E-state index in [1.165, 1.54) is 33.3 Å². The molecule has 7 nitrogen and oxygen atoms in total. The first-order valence-electron chi connectivity index (χ1n) is 22.3. The molecule has 0 spiro atoms. The molecule has 0 radical (unpaired) electrons. The largest absolute Gasteiger partial charge is 0.457 e. The van der Waals surface area contributed by atoms with Gasteiger partial charge < -0.3 is 19.1 Å². The predicted octanol–water partition coefficient (Wildman–Crippen LogP) is 14.9. The van der Waals surface area contributed by atoms with Gasteiger partial charge in [0.15, 0.2) is 5.82 Å². The molecule has 0 saturated heterocycles. The number of aromatic nitrogens is 4. The molecule has 0 fully saturated rings. The minimum absolute atomic E-state index is 0.0256. The smallest absolute Gasteiger partial charge is 0.158 e. The summed E-state index contributed by atoms with van der Waals surface area (Å²) >= 11 is 0. The maximum Gasteiger partial charge on any atom is 0.158 e. The molecule has 0 N–H and O–H groups in total. The van der Waals surface area contributed by atoms with Crippen LogP contribution in [-0.2, 0) is 10.8 Å². The fourth-order valence-electron chi connectivity index (χ4n) is 9.85. The second-order valence-corrected chi connectivity index (χ2v) is 19.4. The van der Waals surface area contributed by atoms with Gasteiger partial charge in [-0.15, -0.1) is 0 Å². The number of pyridine rings is 2. The standard InChI is InChI=1S/C57H52N6O/c1-36-29-39(57(6,7)8)30-37(2)53(36)61-35-60(49-23-16-27-59-55(49)61)51-34-42(32-46-44-20-13-14-21-47(44)62(54(46)51)40-17-10-9-11-18-40)64-41-24-25-45-43-19-12-15-22-48(43)63(50(45)33-41)52-31-38(26-28-58-52)56(3,4)5/h9-34H,35H2,1-8H3. The van der Waals surface area contributed by atoms with E-state index in [1.54, 1.807) is 0 Å². The van der Waals surface area contributed by atoms with Crippen LogP contribution in [0.15, 0.2) is 158 Å². The van der Waals surface area contributed by atoms with E-state index in [0.717, 1.165) is 78.4 Å². The molecule has 6 aromatic carbocycles. The van der Waals surface area contributed by atoms with Crippen molar-refractivity contribution in [1.82, 2.24) is 19.1 Å². The van der Waals surface area contributed by atoms with Crippen LogP contribution in [0.1, 0.15) is 63.8 Å². The monoisotopic (exact) mass is 836 g/mol. The number of rotatable bonds is 6. The van der Waals surface area contributed by atoms with Crippen LogP contribution >= 0.6 is 0 Å². The Morgan fingerprint density at radius 3 is 1.86 bits per heavy atom. The third-order valence-electron chi connectivity index (χ3n) is 13.0. The molecule has 0 atom stereocenters. The molecule has 0 amide bonds. The first-order valence-corrected chi connectivity index (χ1v) is 22.3. The molecule has 316 valence electrons. The molecule has 0 bridgehead atoms. The summed E-state index contributed by atoms with van der Waals surface area (Å²) in [5, 5.41) is 4.58. The number of nitrogens with zero attached hydrogens (tertiary/aromatic N) is 6. The Bertz CT molecular complexity index is 3430. The van der Waals surface area contributed by atoms with Crippen molar-refractivity contribution in [3.8, 4) is 23.0 Å². The second-order valence-electron chi connectivity index (χ2n) is 19.4. The average Bonchev–Trinajstić information content (AvgIpc) is 3.94. The van der Waals surface area contributed by atoms with Crippen molar-refractivity contribution >= 4 is 66.5 Å². The van der Waals surface area contributed by atoms with E-state index in [-0.39, 0.29) is 10.8 Å². The van der Waals surface area contributed by atoms with Gasteiger partial charge in [-0.2, -0.15) is 0 Å². The molecular weight excluding hydrogens is 785 g/mol. The summed E-state index contributed by atoms with van der Waals surface area (Å²) in [6.45, 7) is 18.6. The van der Waals surface area contributed by atoms with Crippen molar-refractivity contribution in [3.63, 3.8) is 0 Å². The maximum absolute atomic E-state index is 7.11. The van der Waals surface area contributed by atoms with Gasteiger partial charge in [0.05, 0.1) is 39.1 Å². The highest BCUT2D eigenvalue weighted by molar-refractivity contribution is 6.15. The van der Waals surface area contributed by atoms with Gasteiger partial charge in [-0.25, -0.2) is 9.97 Å². The van der Waals surface area contributed by atoms with Gasteiger partial charge >= 0.3 is 0 Å². The average molecular weight is 837 g/mol. The Kier molecular flexibility index (Phi) is 9.00. The Morgan fingerprint density at radius 1 is 0.484 bits per heavy atom. The van der Waals surface area contributed by atoms with Crippen LogP contribution in [-0.4, -0.2) is 25.8 Å². The number of para-hydroxylation sites is 3. The van der Waals surface area contributed by atoms with Gasteiger partial charge in [-0.1, -0.05) is 108 Å². The molecule has 0 saturated carbocycles. The third-order valence-corrected chi connectivity index (χ3v) is 13.0. The van der Waals surface area contributed by atoms with Crippen molar-refractivity contribution in [2.24, 2.45) is 0 Å². The molecule has 0 aliphatic carbocycles. The van der Waals surface area contributed by atoms with E-state index in [2.05, 4.69) is 214 Å². The highest BCUT2D eigenvalue weighted by Crippen LogP contribution is 2.50. The Balaban J connectivity index is 1.11. The Hall–Kier alpha value is -7.38. The SMILES string of the molecule is Cc1cc(C(C)(C)C)cc(C)c1N1CN(c2cc(Oc3ccc4c5ccccc5n(-c5cc(C(C)(C)C)ccn5)c4c3)cc3c4ccccc4n(-c4ccccc4)c23)c2cccnc21. The van der Waals surface area contributed by atoms with Crippen LogP contribution in [0.25, 0.3) is 55.1 Å². The maximum atomic E-state index is 7.11. The van der Waals surface area contributed by atoms with Crippen molar-refractivity contribution in [2.75, 3.05) is 16.5 Å². The van der Waals surface area contributed by atoms with E-state index in [9.17, 15) is 0 Å². The molecule has 0 unspecified atom stereocenters. The summed E-state index contributed by atoms with van der Waals surface area (Å²) in [6, 6.07) is 52.1. The van der Waals surface area contributed by atoms with E-state index >= 15 is 0 Å². The van der Waals surface area contributed by atoms with Crippen LogP contribution in [0.5, 0.6) is 11.5 Å². The van der Waals surface area contributed by atoms with E-state index in [1.807, 2.05) is 18.5 Å². The normalized spacial score (nSPS) is 13.2. The zero-order valence-electron chi connectivity index (χ0n) is 37.8. The zero-order chi connectivity index (χ0) is 44.1. The topological polar surface area (TPSA) is 51.4 Å². The lowest BCUT2D eigenvalue weighted by atomic mass is 9.84. The zero-order valence-corrected chi connectivity index (χ0v) is 37.8. The molecule has 4 aromatic heterocycles. The van der Waals surface area contributed by atoms with Crippen LogP contribution < -0.4 is 14.5 Å². The quantitative estimate of drug-likeness (QED) is 0.167. The summed E-state index contributed by atoms with van der Waals surface area (Å²) in [7, 11) is 0. The first-order chi connectivity index (χ1) is 30.8. The number of hydrogen-bond acceptors (Lipinski definition) is 5. The molecule has 64 heavy (non-hydrogen) atoms. The number of fused-ring (bicyclic) bond motifs is 7. The van der Waals surface area contributed by atoms with Gasteiger partial charge in [-0.05, 0) is 114 Å². The van der Waals surface area contributed by atoms with Crippen molar-refractivity contribution in [1.29, 1.82) is 0 Å². The van der Waals surface area contributed by atoms with E-state index in [0.29, 0.717) is 6.67 Å². The van der Waals surface area contributed by atoms with Crippen molar-refractivity contribution in [2.45, 2.75) is 66.2 Å². The van der Waals surface area contributed by atoms with E-state index in [4.69, 9.17) is 14.7 Å². The minimum atomic E-state index is -0.0256. The second kappa shape index (κ2) is 14.6. The first kappa shape index (κ1) is 39.5. The molecular formula is C57H52N6O. The Labute approximate surface area is 374 Å².